The molecule has 0 aliphatic rings. The van der Waals surface area contributed by atoms with E-state index in [4.69, 9.17) is 4.74 Å². The number of hydrogen-bond acceptors (Lipinski definition) is 6. The lowest BCUT2D eigenvalue weighted by atomic mass is 10.1. The van der Waals surface area contributed by atoms with Gasteiger partial charge in [-0.3, -0.25) is 4.79 Å². The fraction of sp³-hybridized carbons (Fsp3) is 0.150. The summed E-state index contributed by atoms with van der Waals surface area (Å²) in [6.07, 6.45) is -0.746. The number of carbonyl (C=O) groups is 2. The predicted octanol–water partition coefficient (Wildman–Crippen LogP) is 2.57. The monoisotopic (exact) mass is 381 g/mol. The molecule has 0 radical (unpaired) electrons. The largest absolute Gasteiger partial charge is 0.544 e. The Bertz CT molecular complexity index is 1030. The zero-order chi connectivity index (χ0) is 19.4. The van der Waals surface area contributed by atoms with Gasteiger partial charge in [0.05, 0.1) is 21.4 Å². The summed E-state index contributed by atoms with van der Waals surface area (Å²) in [6.45, 7) is 3.31. The van der Waals surface area contributed by atoms with E-state index in [-0.39, 0.29) is 4.88 Å². The van der Waals surface area contributed by atoms with Crippen LogP contribution < -0.4 is 15.3 Å². The molecule has 6 nitrogen and oxygen atoms in total. The van der Waals surface area contributed by atoms with E-state index in [0.717, 1.165) is 22.1 Å². The van der Waals surface area contributed by atoms with Crippen LogP contribution >= 0.6 is 11.3 Å². The summed E-state index contributed by atoms with van der Waals surface area (Å²) in [6, 6.07) is 16.6. The highest BCUT2D eigenvalue weighted by molar-refractivity contribution is 7.15. The first-order chi connectivity index (χ1) is 12.9. The average molecular weight is 381 g/mol. The lowest BCUT2D eigenvalue weighted by molar-refractivity contribution is -0.254. The maximum absolute atomic E-state index is 12.2. The van der Waals surface area contributed by atoms with E-state index < -0.39 is 18.0 Å². The highest BCUT2D eigenvalue weighted by atomic mass is 32.1. The van der Waals surface area contributed by atoms with Crippen molar-refractivity contribution >= 4 is 39.7 Å². The first-order valence-electron chi connectivity index (χ1n) is 8.25. The lowest BCUT2D eigenvalue weighted by Gasteiger charge is -2.13. The van der Waals surface area contributed by atoms with Gasteiger partial charge in [0.15, 0.2) is 6.10 Å². The molecule has 1 amide bonds. The molecule has 0 saturated heterocycles. The van der Waals surface area contributed by atoms with E-state index in [1.54, 1.807) is 19.9 Å². The van der Waals surface area contributed by atoms with Gasteiger partial charge in [0.2, 0.25) is 0 Å². The smallest absolute Gasteiger partial charge is 0.280 e. The van der Waals surface area contributed by atoms with E-state index in [9.17, 15) is 14.7 Å². The minimum absolute atomic E-state index is 0.110. The second kappa shape index (κ2) is 8.01. The fourth-order valence-corrected chi connectivity index (χ4v) is 3.21. The number of hydrogen-bond donors (Lipinski definition) is 1. The zero-order valence-corrected chi connectivity index (χ0v) is 15.6. The van der Waals surface area contributed by atoms with Crippen LogP contribution in [0.25, 0.3) is 10.8 Å². The molecule has 1 atom stereocenters. The Hall–Kier alpha value is -3.19. The number of carboxylic acid groups (broad SMARTS) is 1. The van der Waals surface area contributed by atoms with Crippen molar-refractivity contribution in [2.45, 2.75) is 20.0 Å². The van der Waals surface area contributed by atoms with Gasteiger partial charge in [-0.25, -0.2) is 5.43 Å². The molecule has 3 aromatic rings. The molecule has 138 valence electrons. The van der Waals surface area contributed by atoms with Gasteiger partial charge in [0.25, 0.3) is 5.91 Å². The lowest BCUT2D eigenvalue weighted by Crippen LogP contribution is -2.33. The van der Waals surface area contributed by atoms with Crippen LogP contribution in [-0.4, -0.2) is 23.7 Å². The van der Waals surface area contributed by atoms with Crippen molar-refractivity contribution < 1.29 is 19.4 Å². The quantitative estimate of drug-likeness (QED) is 0.525. The normalized spacial score (nSPS) is 12.6. The molecule has 0 saturated carbocycles. The van der Waals surface area contributed by atoms with Crippen LogP contribution in [0, 0.1) is 0 Å². The number of ether oxygens (including phenoxy) is 1. The number of carbonyl (C=O) groups excluding carboxylic acids is 2. The second-order valence-corrected chi connectivity index (χ2v) is 6.98. The fourth-order valence-electron chi connectivity index (χ4n) is 2.43. The molecule has 0 fully saturated rings. The van der Waals surface area contributed by atoms with Crippen molar-refractivity contribution in [1.82, 2.24) is 5.43 Å². The Kier molecular flexibility index (Phi) is 5.52. The maximum Gasteiger partial charge on any atom is 0.280 e. The molecule has 7 heteroatoms. The van der Waals surface area contributed by atoms with Gasteiger partial charge >= 0.3 is 0 Å². The van der Waals surface area contributed by atoms with E-state index >= 15 is 0 Å². The van der Waals surface area contributed by atoms with Crippen molar-refractivity contribution in [2.75, 3.05) is 0 Å². The number of rotatable bonds is 6. The van der Waals surface area contributed by atoms with Gasteiger partial charge in [0.1, 0.15) is 5.75 Å². The molecular weight excluding hydrogens is 364 g/mol. The summed E-state index contributed by atoms with van der Waals surface area (Å²) in [4.78, 5) is 23.8. The molecule has 0 aliphatic carbocycles. The van der Waals surface area contributed by atoms with Crippen LogP contribution in [0.2, 0.25) is 0 Å². The third kappa shape index (κ3) is 4.51. The van der Waals surface area contributed by atoms with Crippen LogP contribution in [0.15, 0.2) is 59.7 Å². The summed E-state index contributed by atoms with van der Waals surface area (Å²) in [5, 5.41) is 17.0. The predicted molar refractivity (Wildman–Crippen MR) is 103 cm³/mol. The molecule has 27 heavy (non-hydrogen) atoms. The van der Waals surface area contributed by atoms with Gasteiger partial charge in [-0.05, 0) is 48.9 Å². The molecule has 1 N–H and O–H groups in total. The number of carboxylic acids is 1. The number of nitrogens with zero attached hydrogens (tertiary/aromatic N) is 1. The second-order valence-electron chi connectivity index (χ2n) is 5.89. The van der Waals surface area contributed by atoms with Crippen LogP contribution in [0.3, 0.4) is 0 Å². The van der Waals surface area contributed by atoms with Crippen molar-refractivity contribution in [3.63, 3.8) is 0 Å². The maximum atomic E-state index is 12.2. The highest BCUT2D eigenvalue weighted by Gasteiger charge is 2.15. The van der Waals surface area contributed by atoms with Crippen LogP contribution in [0.1, 0.15) is 28.4 Å². The summed E-state index contributed by atoms with van der Waals surface area (Å²) < 4.78 is 5.69. The molecule has 3 rings (SSSR count). The standard InChI is InChI=1S/C20H18N2O4S/c1-12(17-9-10-18(27-17)20(24)25)21-22-19(23)13(2)26-16-8-7-14-5-3-4-6-15(14)11-16/h3-11,13H,1-2H3,(H,22,23)(H,24,25)/p-1/b21-12-/t13-/m0/s1. The van der Waals surface area contributed by atoms with Crippen molar-refractivity contribution in [3.8, 4) is 5.75 Å². The molecule has 0 aliphatic heterocycles. The molecule has 2 aromatic carbocycles. The number of aromatic carboxylic acids is 1. The third-order valence-electron chi connectivity index (χ3n) is 3.90. The number of benzene rings is 2. The van der Waals surface area contributed by atoms with E-state index in [2.05, 4.69) is 10.5 Å². The Balaban J connectivity index is 1.63. The summed E-state index contributed by atoms with van der Waals surface area (Å²) in [5.41, 5.74) is 2.94. The highest BCUT2D eigenvalue weighted by Crippen LogP contribution is 2.21. The van der Waals surface area contributed by atoms with Crippen LogP contribution in [0.5, 0.6) is 5.75 Å². The summed E-state index contributed by atoms with van der Waals surface area (Å²) in [5.74, 6) is -1.05. The van der Waals surface area contributed by atoms with Gasteiger partial charge in [-0.15, -0.1) is 11.3 Å². The molecular formula is C20H17N2O4S-. The Morgan fingerprint density at radius 3 is 2.48 bits per heavy atom. The number of hydrazone groups is 1. The molecule has 0 unspecified atom stereocenters. The van der Waals surface area contributed by atoms with Gasteiger partial charge in [0, 0.05) is 0 Å². The van der Waals surface area contributed by atoms with Gasteiger partial charge < -0.3 is 14.6 Å². The topological polar surface area (TPSA) is 90.8 Å². The van der Waals surface area contributed by atoms with Gasteiger partial charge in [-0.2, -0.15) is 5.10 Å². The van der Waals surface area contributed by atoms with Gasteiger partial charge in [-0.1, -0.05) is 30.3 Å². The SMILES string of the molecule is C/C(=N/NC(=O)[C@H](C)Oc1ccc2ccccc2c1)c1ccc(C(=O)[O-])s1. The first kappa shape index (κ1) is 18.6. The van der Waals surface area contributed by atoms with E-state index in [1.807, 2.05) is 42.5 Å². The molecule has 1 heterocycles. The first-order valence-corrected chi connectivity index (χ1v) is 9.07. The minimum Gasteiger partial charge on any atom is -0.544 e. The minimum atomic E-state index is -1.24. The van der Waals surface area contributed by atoms with E-state index in [0.29, 0.717) is 16.3 Å². The van der Waals surface area contributed by atoms with Crippen LogP contribution in [0.4, 0.5) is 0 Å². The summed E-state index contributed by atoms with van der Waals surface area (Å²) in [7, 11) is 0. The Morgan fingerprint density at radius 2 is 1.78 bits per heavy atom. The van der Waals surface area contributed by atoms with Crippen molar-refractivity contribution in [1.29, 1.82) is 0 Å². The summed E-state index contributed by atoms with van der Waals surface area (Å²) >= 11 is 1.04. The third-order valence-corrected chi connectivity index (χ3v) is 5.07. The Labute approximate surface area is 160 Å². The number of thiophene rings is 1. The average Bonchev–Trinajstić information content (AvgIpc) is 3.16. The zero-order valence-electron chi connectivity index (χ0n) is 14.8. The number of nitrogens with one attached hydrogen (secondary N) is 1. The molecule has 0 bridgehead atoms. The van der Waals surface area contributed by atoms with E-state index in [1.165, 1.54) is 6.07 Å². The number of fused-ring (bicyclic) bond motifs is 1. The molecule has 0 spiro atoms. The number of amides is 1. The van der Waals surface area contributed by atoms with Crippen LogP contribution in [-0.2, 0) is 4.79 Å². The van der Waals surface area contributed by atoms with Crippen molar-refractivity contribution in [2.24, 2.45) is 5.10 Å². The molecule has 1 aromatic heterocycles. The Morgan fingerprint density at radius 1 is 1.07 bits per heavy atom. The van der Waals surface area contributed by atoms with Crippen molar-refractivity contribution in [3.05, 3.63) is 64.4 Å².